The van der Waals surface area contributed by atoms with Crippen molar-refractivity contribution in [3.63, 3.8) is 0 Å². The zero-order valence-electron chi connectivity index (χ0n) is 10.3. The van der Waals surface area contributed by atoms with Gasteiger partial charge in [-0.25, -0.2) is 0 Å². The molecule has 1 fully saturated rings. The molecule has 0 aromatic rings. The first-order valence-electron chi connectivity index (χ1n) is 5.19. The van der Waals surface area contributed by atoms with Crippen molar-refractivity contribution in [2.24, 2.45) is 0 Å². The molecule has 1 aliphatic rings. The number of hydrogen-bond acceptors (Lipinski definition) is 2. The molecule has 0 aromatic heterocycles. The second-order valence-corrected chi connectivity index (χ2v) is 10.3. The fraction of sp³-hybridized carbons (Fsp3) is 1.00. The fourth-order valence-electron chi connectivity index (χ4n) is 0.941. The molecule has 0 aromatic carbocycles. The van der Waals surface area contributed by atoms with Crippen LogP contribution in [0.4, 0.5) is 0 Å². The monoisotopic (exact) mass is 212 g/mol. The van der Waals surface area contributed by atoms with Crippen LogP contribution in [0.15, 0.2) is 0 Å². The van der Waals surface area contributed by atoms with Gasteiger partial charge in [0.25, 0.3) is 0 Å². The van der Waals surface area contributed by atoms with Crippen molar-refractivity contribution >= 4 is 16.7 Å². The van der Waals surface area contributed by atoms with Gasteiger partial charge in [0.05, 0.1) is 0 Å². The molecular weight excluding hydrogens is 189 g/mol. The molecule has 0 unspecified atom stereocenters. The van der Waals surface area contributed by atoms with Crippen molar-refractivity contribution in [3.05, 3.63) is 0 Å². The summed E-state index contributed by atoms with van der Waals surface area (Å²) in [6.07, 6.45) is 0. The lowest BCUT2D eigenvalue weighted by Gasteiger charge is -2.36. The molecule has 14 heavy (non-hydrogen) atoms. The van der Waals surface area contributed by atoms with Gasteiger partial charge in [-0.2, -0.15) is 0 Å². The van der Waals surface area contributed by atoms with Gasteiger partial charge in [0, 0.05) is 34.7 Å². The van der Waals surface area contributed by atoms with Crippen LogP contribution in [0.1, 0.15) is 20.8 Å². The molecule has 1 rings (SSSR count). The van der Waals surface area contributed by atoms with Crippen molar-refractivity contribution in [1.29, 1.82) is 0 Å². The van der Waals surface area contributed by atoms with Gasteiger partial charge >= 0.3 is 0 Å². The van der Waals surface area contributed by atoms with E-state index in [-0.39, 0.29) is 8.41 Å². The molecule has 2 nitrogen and oxygen atoms in total. The van der Waals surface area contributed by atoms with Crippen molar-refractivity contribution in [2.75, 3.05) is 26.2 Å². The van der Waals surface area contributed by atoms with Crippen LogP contribution < -0.4 is 0 Å². The van der Waals surface area contributed by atoms with Crippen LogP contribution in [-0.2, 0) is 4.43 Å². The van der Waals surface area contributed by atoms with Gasteiger partial charge in [0.15, 0.2) is 8.32 Å². The lowest BCUT2D eigenvalue weighted by molar-refractivity contribution is 0.267. The molecule has 0 spiro atoms. The second-order valence-electron chi connectivity index (χ2n) is 5.45. The Morgan fingerprint density at radius 1 is 1.21 bits per heavy atom. The summed E-state index contributed by atoms with van der Waals surface area (Å²) in [5.74, 6) is 0. The zero-order chi connectivity index (χ0) is 10.1. The van der Waals surface area contributed by atoms with E-state index in [1.807, 2.05) is 0 Å². The maximum atomic E-state index is 6.04. The highest BCUT2D eigenvalue weighted by atomic mass is 28.4. The van der Waals surface area contributed by atoms with Gasteiger partial charge in [-0.3, -0.25) is 4.90 Å². The molecule has 0 atom stereocenters. The second kappa shape index (κ2) is 4.82. The Bertz CT molecular complexity index is 175. The van der Waals surface area contributed by atoms with Crippen LogP contribution in [0, 0.1) is 0 Å². The Morgan fingerprint density at radius 2 is 1.71 bits per heavy atom. The van der Waals surface area contributed by atoms with E-state index in [9.17, 15) is 0 Å². The Hall–Kier alpha value is 0.202. The fourth-order valence-corrected chi connectivity index (χ4v) is 1.98. The SMILES string of the molecule is CC(C)(C)[Si](C)(C)OCCN1CC1.[B]. The summed E-state index contributed by atoms with van der Waals surface area (Å²) in [7, 11) is -1.47. The summed E-state index contributed by atoms with van der Waals surface area (Å²) in [5, 5.41) is 0.353. The van der Waals surface area contributed by atoms with E-state index in [1.165, 1.54) is 13.1 Å². The normalized spacial score (nSPS) is 17.8. The molecule has 0 N–H and O–H groups in total. The van der Waals surface area contributed by atoms with Gasteiger partial charge in [0.2, 0.25) is 0 Å². The lowest BCUT2D eigenvalue weighted by Crippen LogP contribution is -2.41. The van der Waals surface area contributed by atoms with Crippen molar-refractivity contribution < 1.29 is 4.43 Å². The average Bonchev–Trinajstić information content (AvgIpc) is 2.68. The minimum Gasteiger partial charge on any atom is -0.416 e. The number of hydrogen-bond donors (Lipinski definition) is 0. The number of rotatable bonds is 4. The van der Waals surface area contributed by atoms with Crippen LogP contribution in [-0.4, -0.2) is 47.9 Å². The Morgan fingerprint density at radius 3 is 2.07 bits per heavy atom. The molecule has 0 amide bonds. The molecular formula is C10H23BNOSi. The molecule has 4 heteroatoms. The third-order valence-corrected chi connectivity index (χ3v) is 7.75. The maximum absolute atomic E-state index is 6.04. The van der Waals surface area contributed by atoms with Crippen LogP contribution in [0.25, 0.3) is 0 Å². The molecule has 81 valence electrons. The van der Waals surface area contributed by atoms with E-state index in [4.69, 9.17) is 4.43 Å². The molecule has 1 aliphatic heterocycles. The zero-order valence-corrected chi connectivity index (χ0v) is 11.3. The largest absolute Gasteiger partial charge is 0.416 e. The summed E-state index contributed by atoms with van der Waals surface area (Å²) >= 11 is 0. The van der Waals surface area contributed by atoms with Gasteiger partial charge < -0.3 is 4.43 Å². The van der Waals surface area contributed by atoms with E-state index in [0.717, 1.165) is 13.2 Å². The molecule has 0 saturated carbocycles. The summed E-state index contributed by atoms with van der Waals surface area (Å²) < 4.78 is 6.04. The van der Waals surface area contributed by atoms with Gasteiger partial charge in [0.1, 0.15) is 0 Å². The summed E-state index contributed by atoms with van der Waals surface area (Å²) in [6.45, 7) is 16.1. The minimum atomic E-state index is -1.47. The number of nitrogens with zero attached hydrogens (tertiary/aromatic N) is 1. The van der Waals surface area contributed by atoms with Crippen molar-refractivity contribution in [3.8, 4) is 0 Å². The van der Waals surface area contributed by atoms with E-state index in [0.29, 0.717) is 5.04 Å². The molecule has 0 bridgehead atoms. The third-order valence-electron chi connectivity index (χ3n) is 3.22. The predicted molar refractivity (Wildman–Crippen MR) is 65.3 cm³/mol. The topological polar surface area (TPSA) is 12.2 Å². The van der Waals surface area contributed by atoms with Crippen LogP contribution in [0.2, 0.25) is 18.1 Å². The first-order valence-corrected chi connectivity index (χ1v) is 8.10. The van der Waals surface area contributed by atoms with E-state index in [1.54, 1.807) is 0 Å². The van der Waals surface area contributed by atoms with Crippen LogP contribution in [0.5, 0.6) is 0 Å². The van der Waals surface area contributed by atoms with Gasteiger partial charge in [-0.15, -0.1) is 0 Å². The molecule has 3 radical (unpaired) electrons. The van der Waals surface area contributed by atoms with Crippen LogP contribution >= 0.6 is 0 Å². The Kier molecular flexibility index (Phi) is 4.89. The smallest absolute Gasteiger partial charge is 0.192 e. The van der Waals surface area contributed by atoms with Crippen molar-refractivity contribution in [2.45, 2.75) is 38.9 Å². The van der Waals surface area contributed by atoms with Crippen LogP contribution in [0.3, 0.4) is 0 Å². The lowest BCUT2D eigenvalue weighted by atomic mass is 10.2. The molecule has 1 saturated heterocycles. The Labute approximate surface area is 91.7 Å². The minimum absolute atomic E-state index is 0. The maximum Gasteiger partial charge on any atom is 0.192 e. The highest BCUT2D eigenvalue weighted by molar-refractivity contribution is 6.74. The Balaban J connectivity index is 0.00000169. The highest BCUT2D eigenvalue weighted by Crippen LogP contribution is 2.36. The van der Waals surface area contributed by atoms with Gasteiger partial charge in [-0.1, -0.05) is 20.8 Å². The third kappa shape index (κ3) is 4.15. The first-order chi connectivity index (χ1) is 5.83. The summed E-state index contributed by atoms with van der Waals surface area (Å²) in [6, 6.07) is 0. The van der Waals surface area contributed by atoms with E-state index >= 15 is 0 Å². The van der Waals surface area contributed by atoms with Gasteiger partial charge in [-0.05, 0) is 18.1 Å². The highest BCUT2D eigenvalue weighted by Gasteiger charge is 2.37. The van der Waals surface area contributed by atoms with E-state index < -0.39 is 8.32 Å². The molecule has 0 aliphatic carbocycles. The van der Waals surface area contributed by atoms with E-state index in [2.05, 4.69) is 38.8 Å². The van der Waals surface area contributed by atoms with Crippen molar-refractivity contribution in [1.82, 2.24) is 4.90 Å². The predicted octanol–water partition coefficient (Wildman–Crippen LogP) is 1.94. The average molecular weight is 212 g/mol. The first kappa shape index (κ1) is 14.2. The quantitative estimate of drug-likeness (QED) is 0.521. The molecule has 1 heterocycles. The summed E-state index contributed by atoms with van der Waals surface area (Å²) in [5.41, 5.74) is 0. The standard InChI is InChI=1S/C10H23NOSi.B/c1-10(2,3)13(4,5)12-9-8-11-6-7-11;/h6-9H2,1-5H3;. The summed E-state index contributed by atoms with van der Waals surface area (Å²) in [4.78, 5) is 2.41.